The van der Waals surface area contributed by atoms with E-state index in [1.165, 1.54) is 52.1 Å². The third kappa shape index (κ3) is 3.55. The van der Waals surface area contributed by atoms with Gasteiger partial charge in [0.25, 0.3) is 0 Å². The van der Waals surface area contributed by atoms with E-state index in [1.807, 2.05) is 0 Å². The van der Waals surface area contributed by atoms with Gasteiger partial charge in [0.15, 0.2) is 0 Å². The summed E-state index contributed by atoms with van der Waals surface area (Å²) in [4.78, 5) is 14.8. The number of esters is 1. The van der Waals surface area contributed by atoms with Gasteiger partial charge in [-0.05, 0) is 116 Å². The van der Waals surface area contributed by atoms with Crippen LogP contribution < -0.4 is 0 Å². The highest BCUT2D eigenvalue weighted by Gasteiger charge is 2.60. The van der Waals surface area contributed by atoms with Crippen molar-refractivity contribution in [2.24, 2.45) is 51.5 Å². The Morgan fingerprint density at radius 2 is 1.83 bits per heavy atom. The molecule has 0 spiro atoms. The summed E-state index contributed by atoms with van der Waals surface area (Å²) in [5, 5.41) is 4.09. The van der Waals surface area contributed by atoms with E-state index in [-0.39, 0.29) is 12.0 Å². The number of hydrogen-bond donors (Lipinski definition) is 0. The van der Waals surface area contributed by atoms with Crippen LogP contribution in [0.2, 0.25) is 0 Å². The van der Waals surface area contributed by atoms with Crippen molar-refractivity contribution in [1.82, 2.24) is 0 Å². The summed E-state index contributed by atoms with van der Waals surface area (Å²) in [5.74, 6) is 4.61. The maximum atomic E-state index is 11.7. The van der Waals surface area contributed by atoms with Crippen molar-refractivity contribution >= 4 is 5.97 Å². The van der Waals surface area contributed by atoms with Crippen molar-refractivity contribution in [3.63, 3.8) is 0 Å². The molecule has 168 valence electrons. The molecule has 0 aromatic heterocycles. The zero-order valence-corrected chi connectivity index (χ0v) is 19.5. The predicted octanol–water partition coefficient (Wildman–Crippen LogP) is 6.91. The molecule has 5 heteroatoms. The summed E-state index contributed by atoms with van der Waals surface area (Å²) >= 11 is 0. The van der Waals surface area contributed by atoms with E-state index in [9.17, 15) is 4.79 Å². The van der Waals surface area contributed by atoms with Crippen molar-refractivity contribution in [2.75, 3.05) is 7.11 Å². The van der Waals surface area contributed by atoms with Crippen molar-refractivity contribution < 1.29 is 9.53 Å². The van der Waals surface area contributed by atoms with Crippen molar-refractivity contribution in [3.05, 3.63) is 10.4 Å². The molecule has 4 aliphatic rings. The molecule has 4 aliphatic carbocycles. The van der Waals surface area contributed by atoms with Crippen LogP contribution in [-0.2, 0) is 9.53 Å². The van der Waals surface area contributed by atoms with Gasteiger partial charge in [-0.2, -0.15) is 0 Å². The molecular formula is C25H41N3O2. The topological polar surface area (TPSA) is 75.1 Å². The minimum Gasteiger partial charge on any atom is -0.469 e. The molecule has 4 rings (SSSR count). The zero-order valence-electron chi connectivity index (χ0n) is 19.5. The number of carbonyl (C=O) groups is 1. The molecule has 0 unspecified atom stereocenters. The molecule has 0 aromatic carbocycles. The number of hydrogen-bond acceptors (Lipinski definition) is 3. The van der Waals surface area contributed by atoms with Crippen LogP contribution in [0, 0.1) is 46.3 Å². The van der Waals surface area contributed by atoms with Gasteiger partial charge in [-0.1, -0.05) is 25.9 Å². The van der Waals surface area contributed by atoms with Crippen molar-refractivity contribution in [2.45, 2.75) is 97.4 Å². The summed E-state index contributed by atoms with van der Waals surface area (Å²) in [5.41, 5.74) is 9.77. The molecule has 0 amide bonds. The molecule has 0 heterocycles. The summed E-state index contributed by atoms with van der Waals surface area (Å²) in [7, 11) is 1.50. The number of rotatable bonds is 5. The van der Waals surface area contributed by atoms with E-state index in [1.54, 1.807) is 0 Å². The number of nitrogens with zero attached hydrogens (tertiary/aromatic N) is 3. The fourth-order valence-electron chi connectivity index (χ4n) is 9.04. The number of ether oxygens (including phenoxy) is 1. The highest BCUT2D eigenvalue weighted by molar-refractivity contribution is 5.69. The fourth-order valence-corrected chi connectivity index (χ4v) is 9.04. The Balaban J connectivity index is 1.47. The van der Waals surface area contributed by atoms with Crippen LogP contribution in [0.3, 0.4) is 0 Å². The largest absolute Gasteiger partial charge is 0.469 e. The fraction of sp³-hybridized carbons (Fsp3) is 0.960. The smallest absolute Gasteiger partial charge is 0.305 e. The maximum absolute atomic E-state index is 11.7. The normalized spacial score (nSPS) is 46.0. The molecule has 9 atom stereocenters. The molecule has 4 saturated carbocycles. The third-order valence-corrected chi connectivity index (χ3v) is 10.6. The third-order valence-electron chi connectivity index (χ3n) is 10.6. The lowest BCUT2D eigenvalue weighted by Gasteiger charge is -2.61. The van der Waals surface area contributed by atoms with Gasteiger partial charge in [-0.25, -0.2) is 0 Å². The van der Waals surface area contributed by atoms with Gasteiger partial charge in [-0.3, -0.25) is 4.79 Å². The minimum absolute atomic E-state index is 0.0622. The van der Waals surface area contributed by atoms with E-state index in [4.69, 9.17) is 10.3 Å². The van der Waals surface area contributed by atoms with Gasteiger partial charge in [-0.15, -0.1) is 0 Å². The van der Waals surface area contributed by atoms with Crippen LogP contribution in [-0.4, -0.2) is 19.1 Å². The summed E-state index contributed by atoms with van der Waals surface area (Å²) < 4.78 is 4.88. The molecule has 5 nitrogen and oxygen atoms in total. The van der Waals surface area contributed by atoms with Gasteiger partial charge in [0, 0.05) is 17.4 Å². The SMILES string of the molecule is COC(=O)CC[C@@H](C)[C@H]1CC[C@H]2[C@@H]3CC[C@@H]4C[C@@H](N=[N+]=[N-])CC[C@]4(C)[C@H]3CC[C@]12C. The average Bonchev–Trinajstić information content (AvgIpc) is 3.09. The predicted molar refractivity (Wildman–Crippen MR) is 119 cm³/mol. The summed E-state index contributed by atoms with van der Waals surface area (Å²) in [6.07, 6.45) is 13.1. The Labute approximate surface area is 182 Å². The van der Waals surface area contributed by atoms with Crippen molar-refractivity contribution in [3.8, 4) is 0 Å². The van der Waals surface area contributed by atoms with E-state index >= 15 is 0 Å². The molecule has 0 bridgehead atoms. The Bertz CT molecular complexity index is 705. The van der Waals surface area contributed by atoms with Gasteiger partial charge in [0.1, 0.15) is 0 Å². The van der Waals surface area contributed by atoms with Crippen LogP contribution in [0.15, 0.2) is 5.11 Å². The Hall–Kier alpha value is -1.22. The van der Waals surface area contributed by atoms with E-state index in [0.29, 0.717) is 23.2 Å². The van der Waals surface area contributed by atoms with E-state index < -0.39 is 0 Å². The van der Waals surface area contributed by atoms with Crippen LogP contribution in [0.4, 0.5) is 0 Å². The molecule has 0 aliphatic heterocycles. The second-order valence-electron chi connectivity index (χ2n) is 11.6. The molecule has 4 fully saturated rings. The quantitative estimate of drug-likeness (QED) is 0.212. The number of carbonyl (C=O) groups excluding carboxylic acids is 1. The summed E-state index contributed by atoms with van der Waals surface area (Å²) in [6.45, 7) is 7.55. The van der Waals surface area contributed by atoms with Crippen LogP contribution in [0.5, 0.6) is 0 Å². The molecule has 0 aromatic rings. The van der Waals surface area contributed by atoms with Gasteiger partial charge >= 0.3 is 5.97 Å². The number of azide groups is 1. The minimum atomic E-state index is -0.0622. The Kier molecular flexibility index (Phi) is 6.14. The average molecular weight is 416 g/mol. The Morgan fingerprint density at radius 1 is 1.10 bits per heavy atom. The van der Waals surface area contributed by atoms with Crippen LogP contribution in [0.25, 0.3) is 10.4 Å². The first-order chi connectivity index (χ1) is 14.3. The van der Waals surface area contributed by atoms with Crippen molar-refractivity contribution in [1.29, 1.82) is 0 Å². The van der Waals surface area contributed by atoms with Gasteiger partial charge in [0.05, 0.1) is 7.11 Å². The first kappa shape index (κ1) is 22.0. The first-order valence-corrected chi connectivity index (χ1v) is 12.4. The van der Waals surface area contributed by atoms with Gasteiger partial charge < -0.3 is 4.74 Å². The first-order valence-electron chi connectivity index (χ1n) is 12.4. The summed E-state index contributed by atoms with van der Waals surface area (Å²) in [6, 6.07) is 0.227. The van der Waals surface area contributed by atoms with Crippen LogP contribution >= 0.6 is 0 Å². The highest BCUT2D eigenvalue weighted by atomic mass is 16.5. The molecule has 0 saturated heterocycles. The molecule has 0 radical (unpaired) electrons. The monoisotopic (exact) mass is 415 g/mol. The molecular weight excluding hydrogens is 374 g/mol. The lowest BCUT2D eigenvalue weighted by Crippen LogP contribution is -2.54. The lowest BCUT2D eigenvalue weighted by atomic mass is 9.44. The second kappa shape index (κ2) is 8.37. The zero-order chi connectivity index (χ0) is 21.5. The van der Waals surface area contributed by atoms with Gasteiger partial charge in [0.2, 0.25) is 0 Å². The van der Waals surface area contributed by atoms with Crippen LogP contribution in [0.1, 0.15) is 91.4 Å². The molecule has 30 heavy (non-hydrogen) atoms. The maximum Gasteiger partial charge on any atom is 0.305 e. The Morgan fingerprint density at radius 3 is 2.57 bits per heavy atom. The number of methoxy groups -OCH3 is 1. The van der Waals surface area contributed by atoms with E-state index in [2.05, 4.69) is 30.8 Å². The highest BCUT2D eigenvalue weighted by Crippen LogP contribution is 2.68. The van der Waals surface area contributed by atoms with E-state index in [0.717, 1.165) is 48.9 Å². The standard InChI is InChI=1S/C25H41N3O2/c1-16(5-10-23(29)30-4)20-8-9-21-19-7-6-17-15-18(27-28-26)11-13-24(17,2)22(19)12-14-25(20,21)3/h16-22H,5-15H2,1-4H3/t16-,17-,18+,19+,20-,21+,22+,24+,25-/m1/s1. The molecule has 0 N–H and O–H groups in total. The second-order valence-corrected chi connectivity index (χ2v) is 11.6. The lowest BCUT2D eigenvalue weighted by molar-refractivity contribution is -0.141. The number of fused-ring (bicyclic) bond motifs is 5.